The van der Waals surface area contributed by atoms with Crippen molar-refractivity contribution in [2.75, 3.05) is 59.0 Å². The summed E-state index contributed by atoms with van der Waals surface area (Å²) in [6.07, 6.45) is 25.7. The zero-order chi connectivity index (χ0) is 33.2. The first-order valence-corrected chi connectivity index (χ1v) is 15.6. The number of nitrogens with one attached hydrogen (secondary N) is 2. The first-order valence-electron chi connectivity index (χ1n) is 15.6. The molecule has 2 N–H and O–H groups in total. The molecule has 48 heavy (non-hydrogen) atoms. The maximum atomic E-state index is 5.01. The normalized spacial score (nSPS) is 15.2. The first-order chi connectivity index (χ1) is 23.9. The zero-order valence-electron chi connectivity index (χ0n) is 26.8. The van der Waals surface area contributed by atoms with E-state index in [-0.39, 0.29) is 0 Å². The number of hydrogen-bond acceptors (Lipinski definition) is 12. The number of para-hydroxylation sites is 1. The Morgan fingerprint density at radius 2 is 1.31 bits per heavy atom. The summed E-state index contributed by atoms with van der Waals surface area (Å²) in [6.45, 7) is 8.00. The van der Waals surface area contributed by atoms with E-state index in [1.165, 1.54) is 17.9 Å². The van der Waals surface area contributed by atoms with E-state index in [1.807, 2.05) is 60.7 Å². The monoisotopic (exact) mass is 644 g/mol. The Labute approximate surface area is 278 Å². The molecule has 1 saturated heterocycles. The van der Waals surface area contributed by atoms with Gasteiger partial charge < -0.3 is 10.1 Å². The van der Waals surface area contributed by atoms with Crippen molar-refractivity contribution in [3.63, 3.8) is 0 Å². The van der Waals surface area contributed by atoms with Gasteiger partial charge in [0, 0.05) is 49.3 Å². The van der Waals surface area contributed by atoms with Crippen molar-refractivity contribution in [2.24, 2.45) is 25.0 Å². The number of nitrogens with zero attached hydrogens (tertiary/aromatic N) is 10. The molecule has 0 radical (unpaired) electrons. The van der Waals surface area contributed by atoms with Gasteiger partial charge in [-0.15, -0.1) is 0 Å². The molecule has 0 amide bonds. The number of H-pyrrole nitrogens is 1. The molecule has 0 atom stereocenters. The van der Waals surface area contributed by atoms with E-state index in [9.17, 15) is 0 Å². The first kappa shape index (κ1) is 35.2. The Balaban J connectivity index is 0.000000129. The molecule has 6 aliphatic rings. The fourth-order valence-electron chi connectivity index (χ4n) is 4.09. The average Bonchev–Trinajstić information content (AvgIpc) is 4.03. The lowest BCUT2D eigenvalue weighted by Gasteiger charge is -2.10. The van der Waals surface area contributed by atoms with Gasteiger partial charge in [-0.3, -0.25) is 35.0 Å². The second kappa shape index (κ2) is 22.8. The quantitative estimate of drug-likeness (QED) is 0.252. The van der Waals surface area contributed by atoms with Gasteiger partial charge in [-0.25, -0.2) is 15.0 Å². The highest BCUT2D eigenvalue weighted by molar-refractivity contribution is 5.73. The molecular formula is C35H40N12O. The van der Waals surface area contributed by atoms with E-state index in [1.54, 1.807) is 31.0 Å². The number of ether oxygens (including phenoxy) is 1. The standard InChI is InChI=1S/C8H7N.C7H6N2.C6H5N3.C4H9NO.2C4H5N.C2H3N3/c1-2-4-8-7(3-1)5-6-9-8;1-2-6-3-5-9-7(6)8-4-1;1-2-8-6-5(1)7-3-4-9-6;1-3-6-4-2-5-1;2*1-2-4-5-3-1;1-3-2-5-4-1/h1-5H,6H2;1-4H,5H2;1,3-4H,2H2;5H,1-4H2;2*1-3H,4H2;1-2H,(H,3,4,5). The maximum Gasteiger partial charge on any atom is 0.173 e. The molecule has 9 heterocycles. The zero-order valence-corrected chi connectivity index (χ0v) is 26.8. The SMILES string of the molecule is C1=CCN=C1.C1=CCN=C1.C1=c2ccccc2=NC1.C1=c2cccnc2=NC1.C1=c2nccnc2=NC1.C1COCCN1.c1nc[nH]n1. The highest BCUT2D eigenvalue weighted by atomic mass is 16.5. The second-order valence-corrected chi connectivity index (χ2v) is 9.77. The minimum absolute atomic E-state index is 0.735. The molecule has 0 unspecified atom stereocenters. The Hall–Kier alpha value is -5.66. The molecule has 0 saturated carbocycles. The number of aromatic nitrogens is 6. The van der Waals surface area contributed by atoms with E-state index in [2.05, 4.69) is 78.6 Å². The lowest BCUT2D eigenvalue weighted by atomic mass is 10.3. The molecular weight excluding hydrogens is 604 g/mol. The molecule has 3 aromatic heterocycles. The molecule has 0 bridgehead atoms. The summed E-state index contributed by atoms with van der Waals surface area (Å²) in [7, 11) is 0. The van der Waals surface area contributed by atoms with Gasteiger partial charge in [-0.05, 0) is 41.6 Å². The van der Waals surface area contributed by atoms with E-state index < -0.39 is 0 Å². The van der Waals surface area contributed by atoms with Crippen LogP contribution in [0.4, 0.5) is 0 Å². The lowest BCUT2D eigenvalue weighted by Crippen LogP contribution is -2.30. The minimum atomic E-state index is 0.735. The van der Waals surface area contributed by atoms with Gasteiger partial charge in [-0.1, -0.05) is 42.5 Å². The number of aliphatic imine (C=N–C) groups is 2. The summed E-state index contributed by atoms with van der Waals surface area (Å²) in [6, 6.07) is 12.1. The number of benzene rings is 1. The smallest absolute Gasteiger partial charge is 0.173 e. The average molecular weight is 645 g/mol. The largest absolute Gasteiger partial charge is 0.379 e. The van der Waals surface area contributed by atoms with Crippen molar-refractivity contribution in [3.8, 4) is 0 Å². The van der Waals surface area contributed by atoms with Crippen molar-refractivity contribution in [1.29, 1.82) is 0 Å². The number of hydrogen-bond donors (Lipinski definition) is 2. The van der Waals surface area contributed by atoms with Crippen LogP contribution in [-0.4, -0.2) is 102 Å². The third-order valence-corrected chi connectivity index (χ3v) is 6.36. The topological polar surface area (TPSA) is 163 Å². The van der Waals surface area contributed by atoms with Crippen LogP contribution in [-0.2, 0) is 4.74 Å². The van der Waals surface area contributed by atoms with Crippen LogP contribution in [0.15, 0.2) is 117 Å². The van der Waals surface area contributed by atoms with Crippen LogP contribution >= 0.6 is 0 Å². The molecule has 1 aromatic carbocycles. The van der Waals surface area contributed by atoms with Gasteiger partial charge in [0.1, 0.15) is 18.0 Å². The van der Waals surface area contributed by atoms with Gasteiger partial charge in [0.15, 0.2) is 11.0 Å². The van der Waals surface area contributed by atoms with Crippen LogP contribution in [0.5, 0.6) is 0 Å². The Morgan fingerprint density at radius 3 is 1.88 bits per heavy atom. The van der Waals surface area contributed by atoms with Crippen LogP contribution in [0.25, 0.3) is 18.2 Å². The van der Waals surface area contributed by atoms with Crippen molar-refractivity contribution in [1.82, 2.24) is 35.5 Å². The summed E-state index contributed by atoms with van der Waals surface area (Å²) < 4.78 is 5.01. The van der Waals surface area contributed by atoms with Gasteiger partial charge in [0.25, 0.3) is 0 Å². The van der Waals surface area contributed by atoms with Gasteiger partial charge in [0.2, 0.25) is 0 Å². The fraction of sp³-hybridized carbons (Fsp3) is 0.257. The van der Waals surface area contributed by atoms with Gasteiger partial charge >= 0.3 is 0 Å². The minimum Gasteiger partial charge on any atom is -0.379 e. The Bertz CT molecular complexity index is 1650. The number of pyridine rings is 1. The molecule has 13 heteroatoms. The third kappa shape index (κ3) is 14.2. The van der Waals surface area contributed by atoms with Crippen LogP contribution in [0.2, 0.25) is 0 Å². The number of rotatable bonds is 0. The van der Waals surface area contributed by atoms with Crippen LogP contribution < -0.4 is 37.4 Å². The predicted molar refractivity (Wildman–Crippen MR) is 188 cm³/mol. The summed E-state index contributed by atoms with van der Waals surface area (Å²) in [4.78, 5) is 35.8. The summed E-state index contributed by atoms with van der Waals surface area (Å²) in [5.41, 5.74) is 1.66. The number of aromatic amines is 1. The summed E-state index contributed by atoms with van der Waals surface area (Å²) >= 11 is 0. The highest BCUT2D eigenvalue weighted by Gasteiger charge is 1.94. The van der Waals surface area contributed by atoms with Gasteiger partial charge in [-0.2, -0.15) is 5.10 Å². The van der Waals surface area contributed by atoms with Crippen molar-refractivity contribution in [3.05, 3.63) is 124 Å². The number of allylic oxidation sites excluding steroid dienone is 2. The molecule has 10 rings (SSSR count). The van der Waals surface area contributed by atoms with Crippen LogP contribution in [0.3, 0.4) is 0 Å². The Morgan fingerprint density at radius 1 is 0.625 bits per heavy atom. The van der Waals surface area contributed by atoms with E-state index in [0.717, 1.165) is 85.9 Å². The third-order valence-electron chi connectivity index (χ3n) is 6.36. The fourth-order valence-corrected chi connectivity index (χ4v) is 4.09. The van der Waals surface area contributed by atoms with Gasteiger partial charge in [0.05, 0.1) is 51.3 Å². The lowest BCUT2D eigenvalue weighted by molar-refractivity contribution is 0.109. The summed E-state index contributed by atoms with van der Waals surface area (Å²) in [5.74, 6) is 0. The molecule has 13 nitrogen and oxygen atoms in total. The van der Waals surface area contributed by atoms with Crippen LogP contribution in [0.1, 0.15) is 0 Å². The molecule has 246 valence electrons. The van der Waals surface area contributed by atoms with Crippen molar-refractivity contribution in [2.45, 2.75) is 0 Å². The van der Waals surface area contributed by atoms with E-state index in [4.69, 9.17) is 4.74 Å². The Kier molecular flexibility index (Phi) is 16.7. The molecule has 0 aliphatic carbocycles. The molecule has 1 fully saturated rings. The van der Waals surface area contributed by atoms with E-state index in [0.29, 0.717) is 0 Å². The van der Waals surface area contributed by atoms with Crippen LogP contribution in [0, 0.1) is 0 Å². The summed E-state index contributed by atoms with van der Waals surface area (Å²) in [5, 5.41) is 13.6. The van der Waals surface area contributed by atoms with Crippen molar-refractivity contribution < 1.29 is 4.74 Å². The molecule has 6 aliphatic heterocycles. The molecule has 4 aromatic rings. The second-order valence-electron chi connectivity index (χ2n) is 9.77. The van der Waals surface area contributed by atoms with E-state index >= 15 is 0 Å². The maximum absolute atomic E-state index is 5.01. The number of morpholine rings is 1. The predicted octanol–water partition coefficient (Wildman–Crippen LogP) is -0.849. The highest BCUT2D eigenvalue weighted by Crippen LogP contribution is 1.81. The van der Waals surface area contributed by atoms with Crippen molar-refractivity contribution >= 4 is 30.7 Å². The molecule has 0 spiro atoms. The number of fused-ring (bicyclic) bond motifs is 3.